The molecule has 0 spiro atoms. The van der Waals surface area contributed by atoms with Crippen LogP contribution in [0.5, 0.6) is 0 Å². The summed E-state index contributed by atoms with van der Waals surface area (Å²) in [5.41, 5.74) is 1.87. The monoisotopic (exact) mass is 298 g/mol. The zero-order valence-electron chi connectivity index (χ0n) is 12.3. The molecule has 114 valence electrons. The molecule has 2 aromatic rings. The van der Waals surface area contributed by atoms with Gasteiger partial charge in [0, 0.05) is 11.1 Å². The second kappa shape index (κ2) is 5.48. The van der Waals surface area contributed by atoms with Gasteiger partial charge in [0.25, 0.3) is 0 Å². The number of quaternary nitrogens is 1. The van der Waals surface area contributed by atoms with Crippen LogP contribution in [0.1, 0.15) is 23.6 Å². The summed E-state index contributed by atoms with van der Waals surface area (Å²) in [6.45, 7) is 1.10. The maximum Gasteiger partial charge on any atom is 0.221 e. The molecule has 4 heteroatoms. The third kappa shape index (κ3) is 2.08. The van der Waals surface area contributed by atoms with E-state index in [2.05, 4.69) is 24.3 Å². The molecule has 2 aromatic carbocycles. The average Bonchev–Trinajstić information content (AvgIpc) is 3.14. The van der Waals surface area contributed by atoms with E-state index in [1.54, 1.807) is 0 Å². The van der Waals surface area contributed by atoms with E-state index in [1.807, 2.05) is 36.4 Å². The number of hydrogen-bond donors (Lipinski definition) is 2. The summed E-state index contributed by atoms with van der Waals surface area (Å²) in [5.74, 6) is 0. The lowest BCUT2D eigenvalue weighted by Gasteiger charge is -2.29. The van der Waals surface area contributed by atoms with Crippen LogP contribution in [0, 0.1) is 0 Å². The molecule has 2 unspecified atom stereocenters. The molecule has 4 nitrogen and oxygen atoms in total. The number of aliphatic hydroxyl groups is 1. The summed E-state index contributed by atoms with van der Waals surface area (Å²) in [6, 6.07) is 20.4. The summed E-state index contributed by atoms with van der Waals surface area (Å²) in [4.78, 5) is 1.16. The fourth-order valence-corrected chi connectivity index (χ4v) is 3.56. The largest absolute Gasteiger partial charge is 0.390 e. The predicted octanol–water partition coefficient (Wildman–Crippen LogP) is 1.06. The summed E-state index contributed by atoms with van der Waals surface area (Å²) < 4.78 is 12.1. The van der Waals surface area contributed by atoms with Crippen LogP contribution in [0.25, 0.3) is 0 Å². The highest BCUT2D eigenvalue weighted by Crippen LogP contribution is 2.31. The Kier molecular flexibility index (Phi) is 3.47. The summed E-state index contributed by atoms with van der Waals surface area (Å²) in [7, 11) is 0. The van der Waals surface area contributed by atoms with Crippen molar-refractivity contribution in [1.82, 2.24) is 0 Å². The van der Waals surface area contributed by atoms with Gasteiger partial charge >= 0.3 is 0 Å². The number of hydrogen-bond acceptors (Lipinski definition) is 3. The van der Waals surface area contributed by atoms with E-state index in [9.17, 15) is 5.11 Å². The highest BCUT2D eigenvalue weighted by atomic mass is 16.6. The molecule has 2 aliphatic heterocycles. The minimum absolute atomic E-state index is 0.0645. The van der Waals surface area contributed by atoms with E-state index >= 15 is 0 Å². The first-order valence-corrected chi connectivity index (χ1v) is 7.65. The van der Waals surface area contributed by atoms with Crippen molar-refractivity contribution in [1.29, 1.82) is 0 Å². The average molecular weight is 298 g/mol. The molecule has 0 amide bonds. The Balaban J connectivity index is 1.74. The SMILES string of the molecule is OCC12CO[C@H](c3ccccc3)[NH+]1[C@H](c1ccccc1)OC2. The third-order valence-corrected chi connectivity index (χ3v) is 4.74. The van der Waals surface area contributed by atoms with Crippen molar-refractivity contribution in [2.45, 2.75) is 18.0 Å². The zero-order chi connectivity index (χ0) is 15.0. The zero-order valence-corrected chi connectivity index (χ0v) is 12.3. The molecule has 0 aliphatic carbocycles. The van der Waals surface area contributed by atoms with E-state index in [-0.39, 0.29) is 24.6 Å². The van der Waals surface area contributed by atoms with Crippen LogP contribution in [-0.4, -0.2) is 30.5 Å². The maximum absolute atomic E-state index is 9.98. The van der Waals surface area contributed by atoms with Gasteiger partial charge in [-0.25, -0.2) is 0 Å². The normalized spacial score (nSPS) is 33.8. The van der Waals surface area contributed by atoms with Crippen molar-refractivity contribution >= 4 is 0 Å². The molecular formula is C18H20NO3+. The Morgan fingerprint density at radius 2 is 1.32 bits per heavy atom. The molecule has 0 radical (unpaired) electrons. The summed E-state index contributed by atoms with van der Waals surface area (Å²) in [5, 5.41) is 9.98. The van der Waals surface area contributed by atoms with Crippen molar-refractivity contribution in [3.63, 3.8) is 0 Å². The van der Waals surface area contributed by atoms with E-state index in [0.717, 1.165) is 16.0 Å². The molecule has 4 rings (SSSR count). The Bertz CT molecular complexity index is 580. The second-order valence-electron chi connectivity index (χ2n) is 6.10. The van der Waals surface area contributed by atoms with Crippen LogP contribution in [0.15, 0.2) is 60.7 Å². The minimum Gasteiger partial charge on any atom is -0.390 e. The van der Waals surface area contributed by atoms with E-state index in [0.29, 0.717) is 13.2 Å². The predicted molar refractivity (Wildman–Crippen MR) is 81.0 cm³/mol. The molecule has 2 N–H and O–H groups in total. The summed E-state index contributed by atoms with van der Waals surface area (Å²) >= 11 is 0. The number of fused-ring (bicyclic) bond motifs is 1. The quantitative estimate of drug-likeness (QED) is 0.890. The Labute approximate surface area is 129 Å². The van der Waals surface area contributed by atoms with E-state index in [4.69, 9.17) is 9.47 Å². The van der Waals surface area contributed by atoms with Crippen molar-refractivity contribution in [3.8, 4) is 0 Å². The molecule has 2 fully saturated rings. The number of ether oxygens (including phenoxy) is 2. The van der Waals surface area contributed by atoms with Gasteiger partial charge in [0.1, 0.15) is 19.8 Å². The third-order valence-electron chi connectivity index (χ3n) is 4.74. The first-order chi connectivity index (χ1) is 10.8. The van der Waals surface area contributed by atoms with Gasteiger partial charge in [0.05, 0.1) is 0 Å². The highest BCUT2D eigenvalue weighted by molar-refractivity contribution is 5.19. The van der Waals surface area contributed by atoms with E-state index in [1.165, 1.54) is 0 Å². The van der Waals surface area contributed by atoms with Crippen LogP contribution >= 0.6 is 0 Å². The van der Waals surface area contributed by atoms with Gasteiger partial charge in [-0.2, -0.15) is 0 Å². The number of nitrogens with one attached hydrogen (secondary N) is 1. The minimum atomic E-state index is -0.374. The second-order valence-corrected chi connectivity index (χ2v) is 6.10. The fourth-order valence-electron chi connectivity index (χ4n) is 3.56. The Morgan fingerprint density at radius 3 is 1.73 bits per heavy atom. The lowest BCUT2D eigenvalue weighted by Crippen LogP contribution is -3.17. The smallest absolute Gasteiger partial charge is 0.221 e. The van der Waals surface area contributed by atoms with Crippen molar-refractivity contribution in [2.24, 2.45) is 0 Å². The number of rotatable bonds is 3. The number of benzene rings is 2. The van der Waals surface area contributed by atoms with E-state index < -0.39 is 0 Å². The van der Waals surface area contributed by atoms with Crippen LogP contribution in [-0.2, 0) is 9.47 Å². The van der Waals surface area contributed by atoms with Crippen molar-refractivity contribution in [2.75, 3.05) is 19.8 Å². The van der Waals surface area contributed by atoms with Gasteiger partial charge in [-0.15, -0.1) is 0 Å². The first kappa shape index (κ1) is 13.9. The topological polar surface area (TPSA) is 43.1 Å². The Morgan fingerprint density at radius 1 is 0.864 bits per heavy atom. The van der Waals surface area contributed by atoms with Crippen LogP contribution in [0.3, 0.4) is 0 Å². The molecule has 4 atom stereocenters. The van der Waals surface area contributed by atoms with Gasteiger partial charge in [-0.05, 0) is 0 Å². The molecule has 22 heavy (non-hydrogen) atoms. The van der Waals surface area contributed by atoms with Crippen molar-refractivity contribution in [3.05, 3.63) is 71.8 Å². The van der Waals surface area contributed by atoms with Gasteiger partial charge in [0.15, 0.2) is 5.54 Å². The lowest BCUT2D eigenvalue weighted by atomic mass is 10.0. The van der Waals surface area contributed by atoms with Gasteiger partial charge in [-0.1, -0.05) is 60.7 Å². The first-order valence-electron chi connectivity index (χ1n) is 7.65. The van der Waals surface area contributed by atoms with Crippen LogP contribution in [0.4, 0.5) is 0 Å². The molecule has 2 heterocycles. The van der Waals surface area contributed by atoms with Gasteiger partial charge in [-0.3, -0.25) is 4.90 Å². The molecular weight excluding hydrogens is 278 g/mol. The summed E-state index contributed by atoms with van der Waals surface area (Å²) in [6.07, 6.45) is -0.220. The highest BCUT2D eigenvalue weighted by Gasteiger charge is 2.60. The molecule has 0 aromatic heterocycles. The molecule has 0 saturated carbocycles. The van der Waals surface area contributed by atoms with Crippen LogP contribution in [0.2, 0.25) is 0 Å². The molecule has 2 aliphatic rings. The van der Waals surface area contributed by atoms with Gasteiger partial charge in [0.2, 0.25) is 12.5 Å². The lowest BCUT2D eigenvalue weighted by molar-refractivity contribution is -1.00. The maximum atomic E-state index is 9.98. The van der Waals surface area contributed by atoms with Crippen LogP contribution < -0.4 is 4.90 Å². The molecule has 2 saturated heterocycles. The van der Waals surface area contributed by atoms with Gasteiger partial charge < -0.3 is 14.6 Å². The Hall–Kier alpha value is -1.72. The fraction of sp³-hybridized carbons (Fsp3) is 0.333. The standard InChI is InChI=1S/C18H19NO3/c20-11-18-12-21-16(14-7-3-1-4-8-14)19(18)17(22-13-18)15-9-5-2-6-10-15/h1-10,16-17,20H,11-13H2/p+1/t16-,17+,18?. The molecule has 0 bridgehead atoms. The number of aliphatic hydroxyl groups excluding tert-OH is 1. The van der Waals surface area contributed by atoms with Crippen molar-refractivity contribution < 1.29 is 19.5 Å².